The highest BCUT2D eigenvalue weighted by Gasteiger charge is 2.35. The Balaban J connectivity index is 1.71. The van der Waals surface area contributed by atoms with Gasteiger partial charge in [-0.15, -0.1) is 0 Å². The van der Waals surface area contributed by atoms with Gasteiger partial charge in [0.1, 0.15) is 0 Å². The van der Waals surface area contributed by atoms with Crippen LogP contribution in [0.25, 0.3) is 0 Å². The molecule has 6 heteroatoms. The normalized spacial score (nSPS) is 35.6. The third-order valence-electron chi connectivity index (χ3n) is 5.34. The molecule has 2 aliphatic carbocycles. The number of nitrogens with one attached hydrogen (secondary N) is 2. The second kappa shape index (κ2) is 7.31. The number of carboxylic acid groups (broad SMARTS) is 1. The molecule has 0 saturated heterocycles. The van der Waals surface area contributed by atoms with Gasteiger partial charge in [0, 0.05) is 18.0 Å². The Hall–Kier alpha value is -1.30. The van der Waals surface area contributed by atoms with Gasteiger partial charge >= 0.3 is 12.0 Å². The molecule has 0 spiro atoms. The van der Waals surface area contributed by atoms with Crippen LogP contribution in [-0.2, 0) is 4.79 Å². The number of amides is 2. The van der Waals surface area contributed by atoms with Crippen LogP contribution in [0.15, 0.2) is 0 Å². The molecule has 0 aromatic carbocycles. The molecule has 0 heterocycles. The first kappa shape index (κ1) is 17.1. The zero-order chi connectivity index (χ0) is 16.2. The van der Waals surface area contributed by atoms with Gasteiger partial charge in [0.2, 0.25) is 0 Å². The van der Waals surface area contributed by atoms with Crippen LogP contribution in [0.5, 0.6) is 0 Å². The lowest BCUT2D eigenvalue weighted by Crippen LogP contribution is -2.50. The maximum atomic E-state index is 12.0. The van der Waals surface area contributed by atoms with Gasteiger partial charge in [0.25, 0.3) is 0 Å². The Bertz CT molecular complexity index is 407. The van der Waals surface area contributed by atoms with Crippen molar-refractivity contribution in [2.24, 2.45) is 11.3 Å². The molecule has 0 aliphatic heterocycles. The van der Waals surface area contributed by atoms with Crippen molar-refractivity contribution in [3.05, 3.63) is 0 Å². The van der Waals surface area contributed by atoms with E-state index in [2.05, 4.69) is 10.6 Å². The maximum Gasteiger partial charge on any atom is 0.315 e. The summed E-state index contributed by atoms with van der Waals surface area (Å²) in [5.74, 6) is -1.00. The molecular formula is C16H28N2O4. The lowest BCUT2D eigenvalue weighted by Gasteiger charge is -2.38. The van der Waals surface area contributed by atoms with Crippen molar-refractivity contribution in [1.82, 2.24) is 10.6 Å². The van der Waals surface area contributed by atoms with Gasteiger partial charge in [-0.05, 0) is 38.5 Å². The van der Waals surface area contributed by atoms with Crippen LogP contribution in [0.2, 0.25) is 0 Å². The summed E-state index contributed by atoms with van der Waals surface area (Å²) in [6, 6.07) is -0.155. The first-order valence-electron chi connectivity index (χ1n) is 8.36. The minimum atomic E-state index is -0.734. The van der Waals surface area contributed by atoms with Crippen molar-refractivity contribution in [1.29, 1.82) is 0 Å². The van der Waals surface area contributed by atoms with E-state index in [9.17, 15) is 14.7 Å². The number of aliphatic carboxylic acids is 1. The number of hydrogen-bond donors (Lipinski definition) is 4. The van der Waals surface area contributed by atoms with E-state index in [0.717, 1.165) is 25.7 Å². The van der Waals surface area contributed by atoms with Crippen molar-refractivity contribution >= 4 is 12.0 Å². The second-order valence-electron chi connectivity index (χ2n) is 7.13. The lowest BCUT2D eigenvalue weighted by atomic mass is 9.73. The molecule has 2 saturated carbocycles. The molecule has 2 rings (SSSR count). The SMILES string of the molecule is CC1(CNC(=O)NC2CCC(C(=O)O)CC2)CCCCC1O. The third kappa shape index (κ3) is 4.35. The number of urea groups is 1. The molecule has 2 fully saturated rings. The van der Waals surface area contributed by atoms with Crippen molar-refractivity contribution < 1.29 is 19.8 Å². The van der Waals surface area contributed by atoms with Crippen LogP contribution in [0.4, 0.5) is 4.79 Å². The monoisotopic (exact) mass is 312 g/mol. The van der Waals surface area contributed by atoms with Gasteiger partial charge in [0.15, 0.2) is 0 Å². The van der Waals surface area contributed by atoms with Gasteiger partial charge < -0.3 is 20.8 Å². The molecule has 2 atom stereocenters. The largest absolute Gasteiger partial charge is 0.481 e. The zero-order valence-electron chi connectivity index (χ0n) is 13.3. The molecule has 0 aromatic heterocycles. The van der Waals surface area contributed by atoms with Crippen molar-refractivity contribution in [2.75, 3.05) is 6.54 Å². The zero-order valence-corrected chi connectivity index (χ0v) is 13.3. The smallest absolute Gasteiger partial charge is 0.315 e. The first-order valence-corrected chi connectivity index (χ1v) is 8.36. The topological polar surface area (TPSA) is 98.7 Å². The second-order valence-corrected chi connectivity index (χ2v) is 7.13. The van der Waals surface area contributed by atoms with E-state index >= 15 is 0 Å². The number of hydrogen-bond acceptors (Lipinski definition) is 3. The molecular weight excluding hydrogens is 284 g/mol. The van der Waals surface area contributed by atoms with E-state index in [4.69, 9.17) is 5.11 Å². The fourth-order valence-corrected chi connectivity index (χ4v) is 3.59. The van der Waals surface area contributed by atoms with Crippen LogP contribution in [0.1, 0.15) is 58.3 Å². The predicted molar refractivity (Wildman–Crippen MR) is 82.5 cm³/mol. The maximum absolute atomic E-state index is 12.0. The highest BCUT2D eigenvalue weighted by molar-refractivity contribution is 5.74. The van der Waals surface area contributed by atoms with Crippen molar-refractivity contribution in [3.8, 4) is 0 Å². The minimum absolute atomic E-state index is 0.0553. The third-order valence-corrected chi connectivity index (χ3v) is 5.34. The van der Waals surface area contributed by atoms with E-state index in [1.165, 1.54) is 0 Å². The number of carbonyl (C=O) groups excluding carboxylic acids is 1. The van der Waals surface area contributed by atoms with Crippen molar-refractivity contribution in [2.45, 2.75) is 70.4 Å². The fourth-order valence-electron chi connectivity index (χ4n) is 3.59. The molecule has 2 unspecified atom stereocenters. The summed E-state index contributed by atoms with van der Waals surface area (Å²) in [5.41, 5.74) is -0.240. The Morgan fingerprint density at radius 1 is 1.14 bits per heavy atom. The number of rotatable bonds is 4. The number of aliphatic hydroxyl groups excluding tert-OH is 1. The summed E-state index contributed by atoms with van der Waals surface area (Å²) in [5, 5.41) is 24.9. The molecule has 2 aliphatic rings. The number of carbonyl (C=O) groups is 2. The van der Waals surface area contributed by atoms with Crippen LogP contribution >= 0.6 is 0 Å². The Morgan fingerprint density at radius 3 is 2.41 bits per heavy atom. The number of carboxylic acids is 1. The van der Waals surface area contributed by atoms with Crippen LogP contribution in [-0.4, -0.2) is 40.9 Å². The highest BCUT2D eigenvalue weighted by Crippen LogP contribution is 2.35. The summed E-state index contributed by atoms with van der Waals surface area (Å²) in [7, 11) is 0. The highest BCUT2D eigenvalue weighted by atomic mass is 16.4. The Labute approximate surface area is 131 Å². The molecule has 0 aromatic rings. The summed E-state index contributed by atoms with van der Waals surface area (Å²) >= 11 is 0. The van der Waals surface area contributed by atoms with Gasteiger partial charge in [-0.1, -0.05) is 19.8 Å². The Kier molecular flexibility index (Phi) is 5.67. The van der Waals surface area contributed by atoms with E-state index in [0.29, 0.717) is 32.2 Å². The average Bonchev–Trinajstić information content (AvgIpc) is 2.49. The van der Waals surface area contributed by atoms with E-state index in [1.807, 2.05) is 6.92 Å². The molecule has 4 N–H and O–H groups in total. The minimum Gasteiger partial charge on any atom is -0.481 e. The number of aliphatic hydroxyl groups is 1. The molecule has 2 amide bonds. The molecule has 22 heavy (non-hydrogen) atoms. The van der Waals surface area contributed by atoms with Gasteiger partial charge in [-0.25, -0.2) is 4.79 Å². The standard InChI is InChI=1S/C16H28N2O4/c1-16(9-3-2-4-13(16)19)10-17-15(22)18-12-7-5-11(6-8-12)14(20)21/h11-13,19H,2-10H2,1H3,(H,20,21)(H2,17,18,22). The molecule has 0 bridgehead atoms. The summed E-state index contributed by atoms with van der Waals surface area (Å²) in [6.07, 6.45) is 6.19. The quantitative estimate of drug-likeness (QED) is 0.637. The van der Waals surface area contributed by atoms with E-state index < -0.39 is 5.97 Å². The molecule has 6 nitrogen and oxygen atoms in total. The van der Waals surface area contributed by atoms with E-state index in [-0.39, 0.29) is 29.5 Å². The first-order chi connectivity index (χ1) is 10.4. The van der Waals surface area contributed by atoms with Crippen LogP contribution < -0.4 is 10.6 Å². The van der Waals surface area contributed by atoms with Gasteiger partial charge in [-0.2, -0.15) is 0 Å². The van der Waals surface area contributed by atoms with Crippen LogP contribution in [0, 0.1) is 11.3 Å². The summed E-state index contributed by atoms with van der Waals surface area (Å²) in [6.45, 7) is 2.50. The lowest BCUT2D eigenvalue weighted by molar-refractivity contribution is -0.142. The summed E-state index contributed by atoms with van der Waals surface area (Å²) in [4.78, 5) is 22.9. The molecule has 126 valence electrons. The molecule has 0 radical (unpaired) electrons. The van der Waals surface area contributed by atoms with Crippen molar-refractivity contribution in [3.63, 3.8) is 0 Å². The van der Waals surface area contributed by atoms with E-state index in [1.54, 1.807) is 0 Å². The van der Waals surface area contributed by atoms with Gasteiger partial charge in [-0.3, -0.25) is 4.79 Å². The van der Waals surface area contributed by atoms with Crippen LogP contribution in [0.3, 0.4) is 0 Å². The fraction of sp³-hybridized carbons (Fsp3) is 0.875. The average molecular weight is 312 g/mol. The predicted octanol–water partition coefficient (Wildman–Crippen LogP) is 1.87. The Morgan fingerprint density at radius 2 is 1.82 bits per heavy atom. The van der Waals surface area contributed by atoms with Gasteiger partial charge in [0.05, 0.1) is 12.0 Å². The summed E-state index contributed by atoms with van der Waals surface area (Å²) < 4.78 is 0.